The van der Waals surface area contributed by atoms with Gasteiger partial charge in [0.2, 0.25) is 11.8 Å². The van der Waals surface area contributed by atoms with Crippen molar-refractivity contribution in [2.24, 2.45) is 0 Å². The predicted octanol–water partition coefficient (Wildman–Crippen LogP) is 1.44. The van der Waals surface area contributed by atoms with E-state index in [1.54, 1.807) is 12.1 Å². The van der Waals surface area contributed by atoms with E-state index in [9.17, 15) is 9.59 Å². The molecular formula is C16H19ClN2O4. The van der Waals surface area contributed by atoms with Crippen molar-refractivity contribution in [2.75, 3.05) is 19.8 Å². The van der Waals surface area contributed by atoms with E-state index in [4.69, 9.17) is 21.1 Å². The minimum Gasteiger partial charge on any atom is -0.489 e. The average Bonchev–Trinajstić information content (AvgIpc) is 2.75. The maximum atomic E-state index is 12.2. The molecule has 6 nitrogen and oxygen atoms in total. The van der Waals surface area contributed by atoms with Gasteiger partial charge in [-0.15, -0.1) is 0 Å². The van der Waals surface area contributed by atoms with Gasteiger partial charge in [-0.05, 0) is 30.5 Å². The quantitative estimate of drug-likeness (QED) is 0.874. The molecule has 2 aliphatic rings. The molecule has 1 aromatic carbocycles. The van der Waals surface area contributed by atoms with Gasteiger partial charge in [-0.2, -0.15) is 0 Å². The Morgan fingerprint density at radius 1 is 1.30 bits per heavy atom. The number of carbonyl (C=O) groups is 2. The van der Waals surface area contributed by atoms with E-state index in [2.05, 4.69) is 10.6 Å². The zero-order valence-corrected chi connectivity index (χ0v) is 13.4. The molecule has 0 bridgehead atoms. The highest BCUT2D eigenvalue weighted by Gasteiger charge is 2.24. The lowest BCUT2D eigenvalue weighted by Gasteiger charge is -2.22. The first-order valence-corrected chi connectivity index (χ1v) is 8.16. The van der Waals surface area contributed by atoms with Crippen molar-refractivity contribution in [1.82, 2.24) is 10.6 Å². The van der Waals surface area contributed by atoms with E-state index in [-0.39, 0.29) is 18.2 Å². The van der Waals surface area contributed by atoms with Crippen molar-refractivity contribution < 1.29 is 19.1 Å². The Bertz CT molecular complexity index is 620. The number of rotatable bonds is 3. The highest BCUT2D eigenvalue weighted by Crippen LogP contribution is 2.38. The molecule has 1 aromatic rings. The normalized spacial score (nSPS) is 20.4. The molecule has 1 fully saturated rings. The summed E-state index contributed by atoms with van der Waals surface area (Å²) >= 11 is 6.22. The van der Waals surface area contributed by atoms with Gasteiger partial charge < -0.3 is 20.1 Å². The van der Waals surface area contributed by atoms with Gasteiger partial charge in [-0.3, -0.25) is 9.59 Å². The van der Waals surface area contributed by atoms with Gasteiger partial charge in [0.1, 0.15) is 6.04 Å². The van der Waals surface area contributed by atoms with E-state index < -0.39 is 6.04 Å². The molecule has 2 amide bonds. The molecule has 0 spiro atoms. The molecule has 23 heavy (non-hydrogen) atoms. The third kappa shape index (κ3) is 3.88. The van der Waals surface area contributed by atoms with Crippen molar-refractivity contribution in [3.05, 3.63) is 22.7 Å². The number of halogens is 1. The molecule has 7 heteroatoms. The van der Waals surface area contributed by atoms with Crippen molar-refractivity contribution in [3.63, 3.8) is 0 Å². The van der Waals surface area contributed by atoms with E-state index in [0.717, 1.165) is 18.4 Å². The number of hydrogen-bond donors (Lipinski definition) is 2. The monoisotopic (exact) mass is 338 g/mol. The van der Waals surface area contributed by atoms with Crippen molar-refractivity contribution >= 4 is 23.4 Å². The van der Waals surface area contributed by atoms with Crippen LogP contribution in [-0.2, 0) is 16.0 Å². The average molecular weight is 339 g/mol. The fourth-order valence-corrected chi connectivity index (χ4v) is 3.01. The summed E-state index contributed by atoms with van der Waals surface area (Å²) in [6.45, 7) is 1.79. The standard InChI is InChI=1S/C16H19ClN2O4/c17-11-7-10(8-13-15(11)23-6-2-5-22-13)9-14(20)19-12-3-1-4-18-16(12)21/h7-8,12H,1-6,9H2,(H,18,21)(H,19,20)/t12-/m1/s1. The lowest BCUT2D eigenvalue weighted by atomic mass is 10.1. The Morgan fingerprint density at radius 2 is 2.13 bits per heavy atom. The van der Waals surface area contributed by atoms with E-state index in [1.807, 2.05) is 0 Å². The Labute approximate surface area is 139 Å². The van der Waals surface area contributed by atoms with Gasteiger partial charge in [-0.25, -0.2) is 0 Å². The molecule has 3 rings (SSSR count). The second-order valence-electron chi connectivity index (χ2n) is 5.69. The van der Waals surface area contributed by atoms with Gasteiger partial charge in [0.25, 0.3) is 0 Å². The van der Waals surface area contributed by atoms with E-state index in [0.29, 0.717) is 42.7 Å². The Hall–Kier alpha value is -1.95. The number of piperidine rings is 1. The second-order valence-corrected chi connectivity index (χ2v) is 6.09. The van der Waals surface area contributed by atoms with Crippen LogP contribution in [0.15, 0.2) is 12.1 Å². The minimum atomic E-state index is -0.452. The van der Waals surface area contributed by atoms with Crippen molar-refractivity contribution in [2.45, 2.75) is 31.7 Å². The number of fused-ring (bicyclic) bond motifs is 1. The first kappa shape index (κ1) is 15.9. The summed E-state index contributed by atoms with van der Waals surface area (Å²) < 4.78 is 11.2. The maximum Gasteiger partial charge on any atom is 0.242 e. The van der Waals surface area contributed by atoms with Crippen molar-refractivity contribution in [1.29, 1.82) is 0 Å². The molecule has 2 aliphatic heterocycles. The first-order chi connectivity index (χ1) is 11.1. The SMILES string of the molecule is O=C(Cc1cc(Cl)c2c(c1)OCCCO2)N[C@@H]1CCCNC1=O. The second kappa shape index (κ2) is 7.08. The molecule has 124 valence electrons. The summed E-state index contributed by atoms with van der Waals surface area (Å²) in [5.41, 5.74) is 0.730. The fourth-order valence-electron chi connectivity index (χ4n) is 2.73. The molecule has 0 aliphatic carbocycles. The molecule has 1 atom stereocenters. The Balaban J connectivity index is 1.67. The summed E-state index contributed by atoms with van der Waals surface area (Å²) in [5.74, 6) is 0.757. The van der Waals surface area contributed by atoms with Crippen LogP contribution in [0, 0.1) is 0 Å². The number of nitrogens with one attached hydrogen (secondary N) is 2. The summed E-state index contributed by atoms with van der Waals surface area (Å²) in [6, 6.07) is 3.02. The van der Waals surface area contributed by atoms with E-state index >= 15 is 0 Å². The zero-order chi connectivity index (χ0) is 16.2. The smallest absolute Gasteiger partial charge is 0.242 e. The van der Waals surface area contributed by atoms with Crippen LogP contribution in [0.25, 0.3) is 0 Å². The van der Waals surface area contributed by atoms with Gasteiger partial charge in [-0.1, -0.05) is 11.6 Å². The summed E-state index contributed by atoms with van der Waals surface area (Å²) in [4.78, 5) is 23.8. The van der Waals surface area contributed by atoms with Gasteiger partial charge >= 0.3 is 0 Å². The van der Waals surface area contributed by atoms with Crippen LogP contribution < -0.4 is 20.1 Å². The van der Waals surface area contributed by atoms with Crippen LogP contribution in [0.3, 0.4) is 0 Å². The highest BCUT2D eigenvalue weighted by atomic mass is 35.5. The molecular weight excluding hydrogens is 320 g/mol. The lowest BCUT2D eigenvalue weighted by Crippen LogP contribution is -2.50. The number of ether oxygens (including phenoxy) is 2. The number of benzene rings is 1. The lowest BCUT2D eigenvalue weighted by molar-refractivity contribution is -0.129. The number of amides is 2. The molecule has 0 radical (unpaired) electrons. The topological polar surface area (TPSA) is 76.7 Å². The third-order valence-electron chi connectivity index (χ3n) is 3.85. The zero-order valence-electron chi connectivity index (χ0n) is 12.7. The van der Waals surface area contributed by atoms with Gasteiger partial charge in [0.05, 0.1) is 24.7 Å². The predicted molar refractivity (Wildman–Crippen MR) is 84.9 cm³/mol. The van der Waals surface area contributed by atoms with Crippen LogP contribution in [0.2, 0.25) is 5.02 Å². The first-order valence-electron chi connectivity index (χ1n) is 7.78. The molecule has 0 saturated carbocycles. The molecule has 2 N–H and O–H groups in total. The summed E-state index contributed by atoms with van der Waals surface area (Å²) in [7, 11) is 0. The minimum absolute atomic E-state index is 0.124. The molecule has 0 aromatic heterocycles. The largest absolute Gasteiger partial charge is 0.489 e. The van der Waals surface area contributed by atoms with Crippen LogP contribution in [0.1, 0.15) is 24.8 Å². The van der Waals surface area contributed by atoms with Gasteiger partial charge in [0, 0.05) is 13.0 Å². The maximum absolute atomic E-state index is 12.2. The molecule has 0 unspecified atom stereocenters. The van der Waals surface area contributed by atoms with Gasteiger partial charge in [0.15, 0.2) is 11.5 Å². The third-order valence-corrected chi connectivity index (χ3v) is 4.13. The van der Waals surface area contributed by atoms with E-state index in [1.165, 1.54) is 0 Å². The fraction of sp³-hybridized carbons (Fsp3) is 0.500. The summed E-state index contributed by atoms with van der Waals surface area (Å²) in [6.07, 6.45) is 2.46. The Morgan fingerprint density at radius 3 is 2.96 bits per heavy atom. The van der Waals surface area contributed by atoms with Crippen LogP contribution in [0.5, 0.6) is 11.5 Å². The summed E-state index contributed by atoms with van der Waals surface area (Å²) in [5, 5.41) is 5.94. The number of hydrogen-bond acceptors (Lipinski definition) is 4. The number of carbonyl (C=O) groups excluding carboxylic acids is 2. The van der Waals surface area contributed by atoms with Crippen LogP contribution in [-0.4, -0.2) is 37.6 Å². The van der Waals surface area contributed by atoms with Crippen LogP contribution >= 0.6 is 11.6 Å². The van der Waals surface area contributed by atoms with Crippen LogP contribution in [0.4, 0.5) is 0 Å². The molecule has 1 saturated heterocycles. The Kier molecular flexibility index (Phi) is 4.91. The van der Waals surface area contributed by atoms with Crippen molar-refractivity contribution in [3.8, 4) is 11.5 Å². The highest BCUT2D eigenvalue weighted by molar-refractivity contribution is 6.32. The molecule has 2 heterocycles.